The molecule has 0 bridgehead atoms. The van der Waals surface area contributed by atoms with Crippen LogP contribution in [0, 0.1) is 6.92 Å². The fourth-order valence-electron chi connectivity index (χ4n) is 4.30. The molecule has 1 unspecified atom stereocenters. The second kappa shape index (κ2) is 9.46. The van der Waals surface area contributed by atoms with Crippen LogP contribution in [-0.4, -0.2) is 35.9 Å². The molecule has 1 aliphatic heterocycles. The summed E-state index contributed by atoms with van der Waals surface area (Å²) < 4.78 is 30.8. The van der Waals surface area contributed by atoms with Crippen LogP contribution in [0.15, 0.2) is 88.3 Å². The number of benzene rings is 3. The molecule has 5 rings (SSSR count). The minimum atomic E-state index is -3.45. The Kier molecular flexibility index (Phi) is 6.21. The fraction of sp³-hybridized carbons (Fsp3) is 0.222. The van der Waals surface area contributed by atoms with E-state index < -0.39 is 9.84 Å². The third kappa shape index (κ3) is 4.88. The molecule has 0 spiro atoms. The number of aryl methyl sites for hydroxylation is 1. The first-order valence-electron chi connectivity index (χ1n) is 11.5. The molecule has 0 aliphatic carbocycles. The van der Waals surface area contributed by atoms with Gasteiger partial charge in [-0.2, -0.15) is 4.98 Å². The molecule has 1 atom stereocenters. The highest BCUT2D eigenvalue weighted by atomic mass is 32.2. The standard InChI is InChI=1S/C27H25N3O4S/c1-19-9-13-21(14-10-19)25-28-26(34-29-25)24-8-5-17-30(24)27(31)22-15-11-20(12-16-22)18-35(32,33)23-6-3-2-4-7-23/h2-4,6-7,9-16,24H,5,8,17-18H2,1H3. The van der Waals surface area contributed by atoms with Gasteiger partial charge in [0.1, 0.15) is 6.04 Å². The van der Waals surface area contributed by atoms with Crippen LogP contribution < -0.4 is 0 Å². The van der Waals surface area contributed by atoms with Crippen molar-refractivity contribution in [2.24, 2.45) is 0 Å². The molecule has 1 aromatic heterocycles. The first-order chi connectivity index (χ1) is 16.9. The number of nitrogens with zero attached hydrogens (tertiary/aromatic N) is 3. The SMILES string of the molecule is Cc1ccc(-c2noc(C3CCCN3C(=O)c3ccc(CS(=O)(=O)c4ccccc4)cc3)n2)cc1. The third-order valence-corrected chi connectivity index (χ3v) is 7.91. The van der Waals surface area contributed by atoms with Crippen molar-refractivity contribution in [2.45, 2.75) is 36.5 Å². The van der Waals surface area contributed by atoms with Gasteiger partial charge >= 0.3 is 0 Å². The van der Waals surface area contributed by atoms with Crippen LogP contribution in [0.25, 0.3) is 11.4 Å². The molecule has 35 heavy (non-hydrogen) atoms. The van der Waals surface area contributed by atoms with E-state index in [1.165, 1.54) is 0 Å². The van der Waals surface area contributed by atoms with Crippen molar-refractivity contribution in [1.82, 2.24) is 15.0 Å². The molecule has 3 aromatic carbocycles. The summed E-state index contributed by atoms with van der Waals surface area (Å²) in [7, 11) is -3.45. The van der Waals surface area contributed by atoms with Crippen molar-refractivity contribution in [2.75, 3.05) is 6.54 Å². The van der Waals surface area contributed by atoms with Crippen molar-refractivity contribution < 1.29 is 17.7 Å². The summed E-state index contributed by atoms with van der Waals surface area (Å²) in [5.74, 6) is 0.669. The van der Waals surface area contributed by atoms with Crippen LogP contribution in [0.3, 0.4) is 0 Å². The Hall–Kier alpha value is -3.78. The highest BCUT2D eigenvalue weighted by Crippen LogP contribution is 2.33. The lowest BCUT2D eigenvalue weighted by Crippen LogP contribution is -2.30. The second-order valence-electron chi connectivity index (χ2n) is 8.75. The molecule has 0 N–H and O–H groups in total. The molecule has 2 heterocycles. The Bertz CT molecular complexity index is 1430. The molecular weight excluding hydrogens is 462 g/mol. The molecule has 178 valence electrons. The number of carbonyl (C=O) groups is 1. The smallest absolute Gasteiger partial charge is 0.254 e. The Morgan fingerprint density at radius 3 is 2.43 bits per heavy atom. The first-order valence-corrected chi connectivity index (χ1v) is 13.1. The van der Waals surface area contributed by atoms with Gasteiger partial charge in [-0.25, -0.2) is 8.42 Å². The zero-order valence-electron chi connectivity index (χ0n) is 19.3. The molecular formula is C27H25N3O4S. The van der Waals surface area contributed by atoms with Gasteiger partial charge in [-0.05, 0) is 49.6 Å². The van der Waals surface area contributed by atoms with E-state index in [0.29, 0.717) is 29.4 Å². The van der Waals surface area contributed by atoms with Gasteiger partial charge in [0.2, 0.25) is 11.7 Å². The molecule has 1 saturated heterocycles. The Morgan fingerprint density at radius 1 is 1.00 bits per heavy atom. The topological polar surface area (TPSA) is 93.4 Å². The predicted molar refractivity (Wildman–Crippen MR) is 131 cm³/mol. The second-order valence-corrected chi connectivity index (χ2v) is 10.7. The van der Waals surface area contributed by atoms with Gasteiger partial charge in [0.05, 0.1) is 10.6 Å². The molecule has 8 heteroatoms. The van der Waals surface area contributed by atoms with Gasteiger partial charge in [-0.15, -0.1) is 0 Å². The maximum absolute atomic E-state index is 13.3. The van der Waals surface area contributed by atoms with Crippen LogP contribution in [-0.2, 0) is 15.6 Å². The minimum absolute atomic E-state index is 0.123. The summed E-state index contributed by atoms with van der Waals surface area (Å²) in [4.78, 5) is 19.9. The summed E-state index contributed by atoms with van der Waals surface area (Å²) in [5, 5.41) is 4.12. The fourth-order valence-corrected chi connectivity index (χ4v) is 5.67. The van der Waals surface area contributed by atoms with Gasteiger partial charge in [0.25, 0.3) is 5.91 Å². The summed E-state index contributed by atoms with van der Waals surface area (Å²) in [6, 6.07) is 22.7. The number of rotatable bonds is 6. The Balaban J connectivity index is 1.30. The number of carbonyl (C=O) groups excluding carboxylic acids is 1. The molecule has 7 nitrogen and oxygen atoms in total. The highest BCUT2D eigenvalue weighted by Gasteiger charge is 2.34. The van der Waals surface area contributed by atoms with E-state index in [2.05, 4.69) is 10.1 Å². The van der Waals surface area contributed by atoms with Gasteiger partial charge < -0.3 is 9.42 Å². The van der Waals surface area contributed by atoms with Crippen molar-refractivity contribution in [3.63, 3.8) is 0 Å². The number of hydrogen-bond acceptors (Lipinski definition) is 6. The maximum Gasteiger partial charge on any atom is 0.254 e. The van der Waals surface area contributed by atoms with Crippen molar-refractivity contribution >= 4 is 15.7 Å². The predicted octanol–water partition coefficient (Wildman–Crippen LogP) is 5.00. The van der Waals surface area contributed by atoms with Crippen LogP contribution in [0.5, 0.6) is 0 Å². The normalized spacial score (nSPS) is 15.9. The highest BCUT2D eigenvalue weighted by molar-refractivity contribution is 7.90. The van der Waals surface area contributed by atoms with Crippen LogP contribution in [0.2, 0.25) is 0 Å². The number of aromatic nitrogens is 2. The van der Waals surface area contributed by atoms with E-state index in [9.17, 15) is 13.2 Å². The Morgan fingerprint density at radius 2 is 1.71 bits per heavy atom. The quantitative estimate of drug-likeness (QED) is 0.380. The molecule has 4 aromatic rings. The summed E-state index contributed by atoms with van der Waals surface area (Å²) in [6.07, 6.45) is 1.58. The van der Waals surface area contributed by atoms with Crippen LogP contribution in [0.4, 0.5) is 0 Å². The monoisotopic (exact) mass is 487 g/mol. The number of likely N-dealkylation sites (tertiary alicyclic amines) is 1. The maximum atomic E-state index is 13.3. The summed E-state index contributed by atoms with van der Waals surface area (Å²) in [5.41, 5.74) is 3.13. The van der Waals surface area contributed by atoms with Crippen molar-refractivity contribution in [1.29, 1.82) is 0 Å². The third-order valence-electron chi connectivity index (χ3n) is 6.21. The summed E-state index contributed by atoms with van der Waals surface area (Å²) in [6.45, 7) is 2.61. The van der Waals surface area contributed by atoms with Crippen molar-refractivity contribution in [3.8, 4) is 11.4 Å². The van der Waals surface area contributed by atoms with Crippen LogP contribution >= 0.6 is 0 Å². The Labute approximate surface area is 204 Å². The van der Waals surface area contributed by atoms with Gasteiger partial charge in [0, 0.05) is 17.7 Å². The van der Waals surface area contributed by atoms with E-state index in [4.69, 9.17) is 4.52 Å². The molecule has 1 amide bonds. The van der Waals surface area contributed by atoms with E-state index in [0.717, 1.165) is 24.0 Å². The lowest BCUT2D eigenvalue weighted by molar-refractivity contribution is 0.0710. The van der Waals surface area contributed by atoms with E-state index in [1.54, 1.807) is 59.5 Å². The molecule has 0 radical (unpaired) electrons. The lowest BCUT2D eigenvalue weighted by Gasteiger charge is -2.22. The molecule has 1 aliphatic rings. The average Bonchev–Trinajstić information content (AvgIpc) is 3.55. The van der Waals surface area contributed by atoms with Gasteiger partial charge in [-0.3, -0.25) is 4.79 Å². The lowest BCUT2D eigenvalue weighted by atomic mass is 10.1. The van der Waals surface area contributed by atoms with Crippen molar-refractivity contribution in [3.05, 3.63) is 101 Å². The van der Waals surface area contributed by atoms with E-state index in [-0.39, 0.29) is 22.6 Å². The number of amides is 1. The summed E-state index contributed by atoms with van der Waals surface area (Å²) >= 11 is 0. The average molecular weight is 488 g/mol. The number of sulfone groups is 1. The number of hydrogen-bond donors (Lipinski definition) is 0. The zero-order valence-corrected chi connectivity index (χ0v) is 20.1. The molecule has 0 saturated carbocycles. The zero-order chi connectivity index (χ0) is 24.4. The largest absolute Gasteiger partial charge is 0.337 e. The van der Waals surface area contributed by atoms with E-state index in [1.807, 2.05) is 31.2 Å². The van der Waals surface area contributed by atoms with Crippen LogP contribution in [0.1, 0.15) is 46.3 Å². The van der Waals surface area contributed by atoms with Gasteiger partial charge in [0.15, 0.2) is 9.84 Å². The molecule has 1 fully saturated rings. The minimum Gasteiger partial charge on any atom is -0.337 e. The first kappa shape index (κ1) is 23.0. The van der Waals surface area contributed by atoms with Gasteiger partial charge in [-0.1, -0.05) is 65.3 Å². The van der Waals surface area contributed by atoms with E-state index >= 15 is 0 Å².